The van der Waals surface area contributed by atoms with Gasteiger partial charge in [0.1, 0.15) is 0 Å². The monoisotopic (exact) mass is 431 g/mol. The van der Waals surface area contributed by atoms with Crippen molar-refractivity contribution in [1.29, 1.82) is 0 Å². The molecule has 3 heterocycles. The van der Waals surface area contributed by atoms with Crippen LogP contribution in [0.2, 0.25) is 0 Å². The van der Waals surface area contributed by atoms with Gasteiger partial charge in [-0.3, -0.25) is 14.5 Å². The molecule has 168 valence electrons. The third-order valence-electron chi connectivity index (χ3n) is 5.72. The van der Waals surface area contributed by atoms with E-state index in [4.69, 9.17) is 9.90 Å². The summed E-state index contributed by atoms with van der Waals surface area (Å²) in [6.45, 7) is 7.26. The van der Waals surface area contributed by atoms with E-state index in [0.29, 0.717) is 6.04 Å². The van der Waals surface area contributed by atoms with E-state index >= 15 is 0 Å². The third kappa shape index (κ3) is 5.21. The second kappa shape index (κ2) is 9.20. The number of carbonyl (C=O) groups is 2. The molecule has 10 heteroatoms. The fraction of sp³-hybridized carbons (Fsp3) is 0.650. The Labute approximate surface area is 173 Å². The van der Waals surface area contributed by atoms with E-state index < -0.39 is 12.1 Å². The van der Waals surface area contributed by atoms with Crippen LogP contribution >= 0.6 is 0 Å². The molecule has 2 fully saturated rings. The van der Waals surface area contributed by atoms with Gasteiger partial charge in [0.25, 0.3) is 0 Å². The Balaban J connectivity index is 0.000000396. The van der Waals surface area contributed by atoms with E-state index in [2.05, 4.69) is 18.7 Å². The Bertz CT molecular complexity index is 839. The summed E-state index contributed by atoms with van der Waals surface area (Å²) in [5.41, 5.74) is 0.588. The lowest BCUT2D eigenvalue weighted by atomic mass is 9.71. The summed E-state index contributed by atoms with van der Waals surface area (Å²) in [7, 11) is 1.72. The first-order valence-corrected chi connectivity index (χ1v) is 9.94. The number of halogens is 3. The Morgan fingerprint density at radius 1 is 1.27 bits per heavy atom. The number of aryl methyl sites for hydroxylation is 1. The predicted molar refractivity (Wildman–Crippen MR) is 105 cm³/mol. The summed E-state index contributed by atoms with van der Waals surface area (Å²) >= 11 is 0. The number of rotatable bonds is 4. The molecule has 1 spiro atoms. The molecule has 2 atom stereocenters. The first-order valence-electron chi connectivity index (χ1n) is 9.94. The van der Waals surface area contributed by atoms with Gasteiger partial charge in [0.2, 0.25) is 11.5 Å². The molecule has 0 saturated carbocycles. The summed E-state index contributed by atoms with van der Waals surface area (Å²) in [6.07, 6.45) is 1.13. The van der Waals surface area contributed by atoms with Crippen LogP contribution in [-0.2, 0) is 16.6 Å². The molecule has 2 saturated heterocycles. The standard InChI is InChI=1S/C18H27N3O2.C2HF3O2/c1-4-6-14(2)20-10-5-9-18(12-20)13-21(17(18)23)15-7-8-16(22)19(3)11-15;3-2(4,5)1(6)7/h7-8,11,14H,4-6,9-10,12-13H2,1-3H3;(H,6,7). The zero-order valence-electron chi connectivity index (χ0n) is 17.4. The number of β-lactam (4-membered cyclic amide) rings is 1. The lowest BCUT2D eigenvalue weighted by Crippen LogP contribution is -2.68. The Hall–Kier alpha value is -2.36. The van der Waals surface area contributed by atoms with Crippen molar-refractivity contribution in [2.45, 2.75) is 51.7 Å². The molecule has 0 aliphatic carbocycles. The van der Waals surface area contributed by atoms with Gasteiger partial charge in [0.15, 0.2) is 0 Å². The number of nitrogens with zero attached hydrogens (tertiary/aromatic N) is 3. The molecule has 1 amide bonds. The number of carbonyl (C=O) groups excluding carboxylic acids is 1. The van der Waals surface area contributed by atoms with Crippen LogP contribution in [0, 0.1) is 5.41 Å². The first kappa shape index (κ1) is 23.9. The molecule has 2 aliphatic rings. The van der Waals surface area contributed by atoms with Gasteiger partial charge in [0.05, 0.1) is 11.1 Å². The highest BCUT2D eigenvalue weighted by Crippen LogP contribution is 2.43. The van der Waals surface area contributed by atoms with Crippen molar-refractivity contribution in [2.24, 2.45) is 12.5 Å². The lowest BCUT2D eigenvalue weighted by molar-refractivity contribution is -0.192. The van der Waals surface area contributed by atoms with Gasteiger partial charge in [-0.2, -0.15) is 13.2 Å². The fourth-order valence-electron chi connectivity index (χ4n) is 4.03. The number of alkyl halides is 3. The van der Waals surface area contributed by atoms with E-state index in [9.17, 15) is 22.8 Å². The average molecular weight is 431 g/mol. The van der Waals surface area contributed by atoms with Gasteiger partial charge in [0, 0.05) is 38.4 Å². The molecule has 0 radical (unpaired) electrons. The highest BCUT2D eigenvalue weighted by Gasteiger charge is 2.54. The van der Waals surface area contributed by atoms with Crippen molar-refractivity contribution in [3.05, 3.63) is 28.7 Å². The van der Waals surface area contributed by atoms with Crippen LogP contribution in [-0.4, -0.2) is 58.3 Å². The molecule has 1 aromatic heterocycles. The maximum atomic E-state index is 12.9. The number of aliphatic carboxylic acids is 1. The number of aromatic nitrogens is 1. The van der Waals surface area contributed by atoms with E-state index in [-0.39, 0.29) is 16.9 Å². The summed E-state index contributed by atoms with van der Waals surface area (Å²) in [5, 5.41) is 7.12. The van der Waals surface area contributed by atoms with Crippen LogP contribution < -0.4 is 10.5 Å². The molecule has 0 bridgehead atoms. The largest absolute Gasteiger partial charge is 0.490 e. The van der Waals surface area contributed by atoms with Gasteiger partial charge in [-0.25, -0.2) is 4.79 Å². The first-order chi connectivity index (χ1) is 13.9. The van der Waals surface area contributed by atoms with Crippen LogP contribution in [0.4, 0.5) is 18.9 Å². The number of carboxylic acid groups (broad SMARTS) is 1. The zero-order chi connectivity index (χ0) is 22.7. The molecule has 0 aromatic carbocycles. The quantitative estimate of drug-likeness (QED) is 0.742. The van der Waals surface area contributed by atoms with Crippen LogP contribution in [0.5, 0.6) is 0 Å². The van der Waals surface area contributed by atoms with Crippen LogP contribution in [0.15, 0.2) is 23.1 Å². The summed E-state index contributed by atoms with van der Waals surface area (Å²) < 4.78 is 33.3. The van der Waals surface area contributed by atoms with E-state index in [0.717, 1.165) is 38.2 Å². The number of carboxylic acids is 1. The number of amides is 1. The smallest absolute Gasteiger partial charge is 0.475 e. The number of hydrogen-bond donors (Lipinski definition) is 1. The van der Waals surface area contributed by atoms with Crippen molar-refractivity contribution in [1.82, 2.24) is 9.47 Å². The number of pyridine rings is 1. The molecule has 2 aliphatic heterocycles. The Kier molecular flexibility index (Phi) is 7.33. The third-order valence-corrected chi connectivity index (χ3v) is 5.72. The van der Waals surface area contributed by atoms with Crippen molar-refractivity contribution >= 4 is 17.6 Å². The minimum atomic E-state index is -5.08. The fourth-order valence-corrected chi connectivity index (χ4v) is 4.03. The van der Waals surface area contributed by atoms with Crippen molar-refractivity contribution in [2.75, 3.05) is 24.5 Å². The van der Waals surface area contributed by atoms with Gasteiger partial charge >= 0.3 is 12.1 Å². The van der Waals surface area contributed by atoms with Crippen LogP contribution in [0.25, 0.3) is 0 Å². The number of piperidine rings is 1. The topological polar surface area (TPSA) is 82.8 Å². The second-order valence-corrected chi connectivity index (χ2v) is 8.02. The van der Waals surface area contributed by atoms with E-state index in [1.165, 1.54) is 23.5 Å². The number of anilines is 1. The average Bonchev–Trinajstić information content (AvgIpc) is 2.68. The second-order valence-electron chi connectivity index (χ2n) is 8.02. The summed E-state index contributed by atoms with van der Waals surface area (Å²) in [5.74, 6) is -2.53. The zero-order valence-corrected chi connectivity index (χ0v) is 17.4. The summed E-state index contributed by atoms with van der Waals surface area (Å²) in [4.78, 5) is 37.6. The maximum absolute atomic E-state index is 12.9. The highest BCUT2D eigenvalue weighted by atomic mass is 19.4. The molecule has 2 unspecified atom stereocenters. The molecule has 1 aromatic rings. The molecular formula is C20H28F3N3O4. The maximum Gasteiger partial charge on any atom is 0.490 e. The van der Waals surface area contributed by atoms with E-state index in [1.54, 1.807) is 19.3 Å². The van der Waals surface area contributed by atoms with Crippen molar-refractivity contribution in [3.8, 4) is 0 Å². The Morgan fingerprint density at radius 2 is 1.90 bits per heavy atom. The molecule has 3 rings (SSSR count). The minimum absolute atomic E-state index is 0.0475. The van der Waals surface area contributed by atoms with Crippen LogP contribution in [0.3, 0.4) is 0 Å². The predicted octanol–water partition coefficient (Wildman–Crippen LogP) is 2.64. The molecular weight excluding hydrogens is 403 g/mol. The van der Waals surface area contributed by atoms with Crippen LogP contribution in [0.1, 0.15) is 39.5 Å². The number of hydrogen-bond acceptors (Lipinski definition) is 4. The van der Waals surface area contributed by atoms with Gasteiger partial charge in [-0.15, -0.1) is 0 Å². The minimum Gasteiger partial charge on any atom is -0.475 e. The number of likely N-dealkylation sites (tertiary alicyclic amines) is 1. The van der Waals surface area contributed by atoms with Crippen molar-refractivity contribution in [3.63, 3.8) is 0 Å². The molecule has 30 heavy (non-hydrogen) atoms. The normalized spacial score (nSPS) is 22.9. The van der Waals surface area contributed by atoms with Gasteiger partial charge < -0.3 is 14.6 Å². The van der Waals surface area contributed by atoms with E-state index in [1.807, 2.05) is 4.90 Å². The Morgan fingerprint density at radius 3 is 2.40 bits per heavy atom. The molecule has 7 nitrogen and oxygen atoms in total. The van der Waals surface area contributed by atoms with Gasteiger partial charge in [-0.05, 0) is 38.8 Å². The van der Waals surface area contributed by atoms with Gasteiger partial charge in [-0.1, -0.05) is 13.3 Å². The van der Waals surface area contributed by atoms with Crippen molar-refractivity contribution < 1.29 is 27.9 Å². The highest BCUT2D eigenvalue weighted by molar-refractivity contribution is 6.04. The molecule has 1 N–H and O–H groups in total. The SMILES string of the molecule is CCCC(C)N1CCCC2(CN(c3ccc(=O)n(C)c3)C2=O)C1.O=C(O)C(F)(F)F. The summed E-state index contributed by atoms with van der Waals surface area (Å²) in [6, 6.07) is 3.84. The lowest BCUT2D eigenvalue weighted by Gasteiger charge is -2.54.